The van der Waals surface area contributed by atoms with Crippen LogP contribution in [-0.4, -0.2) is 39.7 Å². The average Bonchev–Trinajstić information content (AvgIpc) is 2.81. The van der Waals surface area contributed by atoms with Gasteiger partial charge in [-0.2, -0.15) is 0 Å². The molecule has 0 aliphatic carbocycles. The van der Waals surface area contributed by atoms with Crippen molar-refractivity contribution >= 4 is 17.7 Å². The van der Waals surface area contributed by atoms with Crippen LogP contribution < -0.4 is 0 Å². The van der Waals surface area contributed by atoms with Gasteiger partial charge in [0.15, 0.2) is 5.16 Å². The molecule has 0 aliphatic heterocycles. The Kier molecular flexibility index (Phi) is 4.21. The van der Waals surface area contributed by atoms with Crippen LogP contribution in [-0.2, 0) is 11.8 Å². The highest BCUT2D eigenvalue weighted by atomic mass is 32.2. The van der Waals surface area contributed by atoms with Crippen molar-refractivity contribution in [1.29, 1.82) is 0 Å². The summed E-state index contributed by atoms with van der Waals surface area (Å²) < 4.78 is 1.81. The number of rotatable bonds is 4. The van der Waals surface area contributed by atoms with Crippen molar-refractivity contribution in [2.24, 2.45) is 7.05 Å². The van der Waals surface area contributed by atoms with E-state index in [0.717, 1.165) is 10.7 Å². The first-order chi connectivity index (χ1) is 9.09. The number of benzene rings is 1. The van der Waals surface area contributed by atoms with Gasteiger partial charge in [-0.15, -0.1) is 10.2 Å². The zero-order valence-corrected chi connectivity index (χ0v) is 12.0. The topological polar surface area (TPSA) is 51.0 Å². The van der Waals surface area contributed by atoms with Crippen LogP contribution >= 0.6 is 11.8 Å². The summed E-state index contributed by atoms with van der Waals surface area (Å²) in [5.74, 6) is 0.0409. The van der Waals surface area contributed by atoms with Crippen molar-refractivity contribution in [1.82, 2.24) is 19.7 Å². The van der Waals surface area contributed by atoms with Gasteiger partial charge in [0.2, 0.25) is 5.91 Å². The second-order valence-electron chi connectivity index (χ2n) is 4.37. The van der Waals surface area contributed by atoms with E-state index in [2.05, 4.69) is 10.2 Å². The fourth-order valence-electron chi connectivity index (χ4n) is 1.61. The molecule has 0 fully saturated rings. The number of hydrogen-bond donors (Lipinski definition) is 0. The molecule has 0 N–H and O–H groups in total. The van der Waals surface area contributed by atoms with Gasteiger partial charge in [-0.3, -0.25) is 4.79 Å². The van der Waals surface area contributed by atoms with E-state index in [0.29, 0.717) is 0 Å². The Balaban J connectivity index is 2.30. The van der Waals surface area contributed by atoms with Gasteiger partial charge in [0.05, 0.1) is 0 Å². The number of hydrogen-bond acceptors (Lipinski definition) is 4. The quantitative estimate of drug-likeness (QED) is 0.798. The maximum atomic E-state index is 12.3. The number of amides is 1. The maximum Gasteiger partial charge on any atom is 0.240 e. The molecule has 2 aromatic rings. The van der Waals surface area contributed by atoms with Gasteiger partial charge in [-0.1, -0.05) is 42.1 Å². The summed E-state index contributed by atoms with van der Waals surface area (Å²) in [5, 5.41) is 8.29. The Morgan fingerprint density at radius 2 is 2.00 bits per heavy atom. The molecule has 1 atom stereocenters. The standard InChI is InChI=1S/C13H16N4OS/c1-16(2)12(18)11(10-7-5-4-6-8-10)19-13-15-14-9-17(13)3/h4-9,11H,1-3H3. The third-order valence-corrected chi connectivity index (χ3v) is 3.95. The minimum atomic E-state index is -0.306. The second-order valence-corrected chi connectivity index (χ2v) is 5.44. The number of nitrogens with zero attached hydrogens (tertiary/aromatic N) is 4. The predicted molar refractivity (Wildman–Crippen MR) is 74.7 cm³/mol. The van der Waals surface area contributed by atoms with E-state index in [9.17, 15) is 4.79 Å². The number of aryl methyl sites for hydroxylation is 1. The molecule has 0 bridgehead atoms. The summed E-state index contributed by atoms with van der Waals surface area (Å²) >= 11 is 1.41. The van der Waals surface area contributed by atoms with Crippen LogP contribution in [0.2, 0.25) is 0 Å². The molecule has 0 radical (unpaired) electrons. The number of thioether (sulfide) groups is 1. The van der Waals surface area contributed by atoms with Crippen molar-refractivity contribution in [2.45, 2.75) is 10.4 Å². The highest BCUT2D eigenvalue weighted by Crippen LogP contribution is 2.34. The van der Waals surface area contributed by atoms with Crippen LogP contribution in [0.1, 0.15) is 10.8 Å². The molecule has 0 saturated carbocycles. The van der Waals surface area contributed by atoms with Crippen molar-refractivity contribution in [3.05, 3.63) is 42.2 Å². The summed E-state index contributed by atoms with van der Waals surface area (Å²) in [5.41, 5.74) is 0.967. The van der Waals surface area contributed by atoms with Gasteiger partial charge in [-0.05, 0) is 5.56 Å². The van der Waals surface area contributed by atoms with Crippen molar-refractivity contribution in [2.75, 3.05) is 14.1 Å². The van der Waals surface area contributed by atoms with Crippen molar-refractivity contribution < 1.29 is 4.79 Å². The van der Waals surface area contributed by atoms with E-state index < -0.39 is 0 Å². The molecular formula is C13H16N4OS. The first kappa shape index (κ1) is 13.6. The molecular weight excluding hydrogens is 260 g/mol. The smallest absolute Gasteiger partial charge is 0.240 e. The molecule has 0 spiro atoms. The maximum absolute atomic E-state index is 12.3. The highest BCUT2D eigenvalue weighted by molar-refractivity contribution is 8.00. The van der Waals surface area contributed by atoms with Crippen LogP contribution in [0.4, 0.5) is 0 Å². The summed E-state index contributed by atoms with van der Waals surface area (Å²) in [4.78, 5) is 13.9. The van der Waals surface area contributed by atoms with E-state index in [1.54, 1.807) is 25.3 Å². The van der Waals surface area contributed by atoms with Crippen LogP contribution in [0.5, 0.6) is 0 Å². The lowest BCUT2D eigenvalue weighted by Gasteiger charge is -2.19. The molecule has 5 nitrogen and oxygen atoms in total. The van der Waals surface area contributed by atoms with Gasteiger partial charge in [0, 0.05) is 21.1 Å². The average molecular weight is 276 g/mol. The SMILES string of the molecule is CN(C)C(=O)C(Sc1nncn1C)c1ccccc1. The summed E-state index contributed by atoms with van der Waals surface area (Å²) in [6, 6.07) is 9.71. The normalized spacial score (nSPS) is 12.2. The number of likely N-dealkylation sites (N-methyl/N-ethyl adjacent to an activating group) is 1. The summed E-state index contributed by atoms with van der Waals surface area (Å²) in [6.07, 6.45) is 1.63. The highest BCUT2D eigenvalue weighted by Gasteiger charge is 2.25. The Labute approximate surface area is 116 Å². The van der Waals surface area contributed by atoms with Crippen molar-refractivity contribution in [3.63, 3.8) is 0 Å². The third kappa shape index (κ3) is 3.14. The predicted octanol–water partition coefficient (Wildman–Crippen LogP) is 1.74. The Bertz CT molecular complexity index is 553. The molecule has 2 rings (SSSR count). The molecule has 0 aliphatic rings. The van der Waals surface area contributed by atoms with Gasteiger partial charge in [-0.25, -0.2) is 0 Å². The monoisotopic (exact) mass is 276 g/mol. The molecule has 1 aromatic carbocycles. The molecule has 6 heteroatoms. The van der Waals surface area contributed by atoms with Crippen LogP contribution in [0.25, 0.3) is 0 Å². The Hall–Kier alpha value is -1.82. The number of carbonyl (C=O) groups excluding carboxylic acids is 1. The fraction of sp³-hybridized carbons (Fsp3) is 0.308. The minimum absolute atomic E-state index is 0.0409. The van der Waals surface area contributed by atoms with Crippen LogP contribution in [0.15, 0.2) is 41.8 Å². The van der Waals surface area contributed by atoms with E-state index in [4.69, 9.17) is 0 Å². The number of aromatic nitrogens is 3. The lowest BCUT2D eigenvalue weighted by atomic mass is 10.1. The van der Waals surface area contributed by atoms with Gasteiger partial charge < -0.3 is 9.47 Å². The van der Waals surface area contributed by atoms with Crippen LogP contribution in [0.3, 0.4) is 0 Å². The zero-order valence-electron chi connectivity index (χ0n) is 11.1. The van der Waals surface area contributed by atoms with Gasteiger partial charge in [0.25, 0.3) is 0 Å². The fourth-order valence-corrected chi connectivity index (χ4v) is 2.73. The first-order valence-electron chi connectivity index (χ1n) is 5.86. The second kappa shape index (κ2) is 5.88. The summed E-state index contributed by atoms with van der Waals surface area (Å²) in [6.45, 7) is 0. The molecule has 1 unspecified atom stereocenters. The lowest BCUT2D eigenvalue weighted by molar-refractivity contribution is -0.128. The summed E-state index contributed by atoms with van der Waals surface area (Å²) in [7, 11) is 5.38. The number of carbonyl (C=O) groups is 1. The largest absolute Gasteiger partial charge is 0.348 e. The van der Waals surface area contributed by atoms with Gasteiger partial charge in [0.1, 0.15) is 11.6 Å². The van der Waals surface area contributed by atoms with E-state index in [-0.39, 0.29) is 11.2 Å². The Morgan fingerprint density at radius 3 is 2.53 bits per heavy atom. The van der Waals surface area contributed by atoms with Crippen LogP contribution in [0, 0.1) is 0 Å². The van der Waals surface area contributed by atoms with E-state index >= 15 is 0 Å². The third-order valence-electron chi connectivity index (χ3n) is 2.66. The molecule has 1 heterocycles. The first-order valence-corrected chi connectivity index (χ1v) is 6.74. The minimum Gasteiger partial charge on any atom is -0.348 e. The van der Waals surface area contributed by atoms with E-state index in [1.807, 2.05) is 41.9 Å². The lowest BCUT2D eigenvalue weighted by Crippen LogP contribution is -2.26. The molecule has 19 heavy (non-hydrogen) atoms. The Morgan fingerprint density at radius 1 is 1.32 bits per heavy atom. The molecule has 100 valence electrons. The van der Waals surface area contributed by atoms with Gasteiger partial charge >= 0.3 is 0 Å². The molecule has 0 saturated heterocycles. The van der Waals surface area contributed by atoms with Crippen molar-refractivity contribution in [3.8, 4) is 0 Å². The zero-order chi connectivity index (χ0) is 13.8. The molecule has 1 amide bonds. The molecule has 1 aromatic heterocycles. The van der Waals surface area contributed by atoms with E-state index in [1.165, 1.54) is 11.8 Å².